The molecule has 6 nitrogen and oxygen atoms in total. The van der Waals surface area contributed by atoms with Crippen molar-refractivity contribution in [3.8, 4) is 0 Å². The summed E-state index contributed by atoms with van der Waals surface area (Å²) in [4.78, 5) is 24.6. The van der Waals surface area contributed by atoms with E-state index in [0.29, 0.717) is 19.4 Å². The van der Waals surface area contributed by atoms with Gasteiger partial charge in [-0.25, -0.2) is 0 Å². The van der Waals surface area contributed by atoms with Gasteiger partial charge in [-0.15, -0.1) is 0 Å². The van der Waals surface area contributed by atoms with Crippen LogP contribution in [-0.4, -0.2) is 47.4 Å². The maximum absolute atomic E-state index is 12.5. The molecule has 0 aromatic carbocycles. The molecule has 0 bridgehead atoms. The molecule has 0 spiro atoms. The number of aliphatic hydroxyl groups excluding tert-OH is 2. The van der Waals surface area contributed by atoms with Gasteiger partial charge < -0.3 is 20.3 Å². The van der Waals surface area contributed by atoms with Crippen LogP contribution in [0.3, 0.4) is 0 Å². The maximum Gasteiger partial charge on any atom is 0.305 e. The Morgan fingerprint density at radius 2 is 0.653 bits per heavy atom. The SMILES string of the molecule is CCCCCCCC/C=C\CCCCCCCCCC(=O)OCCCCCCCCCCCCCCCCCCCCCCCCCC(=O)NC(CO)C(O)/C=C/CCCCCCCCCCCCCCC. The molecule has 0 aliphatic heterocycles. The van der Waals surface area contributed by atoms with Gasteiger partial charge in [-0.2, -0.15) is 0 Å². The topological polar surface area (TPSA) is 95.9 Å². The van der Waals surface area contributed by atoms with Crippen molar-refractivity contribution in [2.24, 2.45) is 0 Å². The smallest absolute Gasteiger partial charge is 0.305 e. The Morgan fingerprint density at radius 1 is 0.375 bits per heavy atom. The molecule has 1 amide bonds. The van der Waals surface area contributed by atoms with Crippen molar-refractivity contribution in [3.05, 3.63) is 24.3 Å². The van der Waals surface area contributed by atoms with Crippen LogP contribution in [0.5, 0.6) is 0 Å². The number of hydrogen-bond acceptors (Lipinski definition) is 5. The minimum absolute atomic E-state index is 0.0111. The summed E-state index contributed by atoms with van der Waals surface area (Å²) < 4.78 is 5.50. The molecule has 0 saturated carbocycles. The van der Waals surface area contributed by atoms with Gasteiger partial charge in [0.05, 0.1) is 25.4 Å². The van der Waals surface area contributed by atoms with Gasteiger partial charge in [0.25, 0.3) is 0 Å². The van der Waals surface area contributed by atoms with Crippen LogP contribution in [0.2, 0.25) is 0 Å². The quantitative estimate of drug-likeness (QED) is 0.0320. The molecule has 2 unspecified atom stereocenters. The van der Waals surface area contributed by atoms with Gasteiger partial charge in [-0.05, 0) is 57.8 Å². The summed E-state index contributed by atoms with van der Waals surface area (Å²) in [6.07, 6.45) is 76.6. The van der Waals surface area contributed by atoms with E-state index in [4.69, 9.17) is 4.74 Å². The van der Waals surface area contributed by atoms with Crippen molar-refractivity contribution < 1.29 is 24.5 Å². The Morgan fingerprint density at radius 3 is 0.986 bits per heavy atom. The second kappa shape index (κ2) is 61.9. The van der Waals surface area contributed by atoms with Gasteiger partial charge in [-0.1, -0.05) is 314 Å². The summed E-state index contributed by atoms with van der Waals surface area (Å²) in [5.74, 6) is -0.0544. The molecule has 6 heteroatoms. The average molecular weight is 1010 g/mol. The molecule has 0 saturated heterocycles. The van der Waals surface area contributed by atoms with Crippen LogP contribution in [0.25, 0.3) is 0 Å². The summed E-state index contributed by atoms with van der Waals surface area (Å²) in [6, 6.07) is -0.627. The van der Waals surface area contributed by atoms with Crippen LogP contribution < -0.4 is 5.32 Å². The monoisotopic (exact) mass is 1010 g/mol. The predicted octanol–water partition coefficient (Wildman–Crippen LogP) is 20.6. The van der Waals surface area contributed by atoms with Crippen LogP contribution in [0.4, 0.5) is 0 Å². The second-order valence-corrected chi connectivity index (χ2v) is 22.5. The molecule has 0 heterocycles. The Balaban J connectivity index is 3.38. The Bertz CT molecular complexity index is 1120. The predicted molar refractivity (Wildman–Crippen MR) is 315 cm³/mol. The molecule has 72 heavy (non-hydrogen) atoms. The maximum atomic E-state index is 12.5. The molecular formula is C66H127NO5. The molecule has 0 radical (unpaired) electrons. The normalized spacial score (nSPS) is 12.7. The summed E-state index contributed by atoms with van der Waals surface area (Å²) in [7, 11) is 0. The highest BCUT2D eigenvalue weighted by molar-refractivity contribution is 5.76. The zero-order valence-electron chi connectivity index (χ0n) is 48.7. The van der Waals surface area contributed by atoms with Crippen molar-refractivity contribution in [1.82, 2.24) is 5.32 Å². The van der Waals surface area contributed by atoms with Gasteiger partial charge in [0, 0.05) is 12.8 Å². The number of amides is 1. The van der Waals surface area contributed by atoms with E-state index in [1.165, 1.54) is 289 Å². The fourth-order valence-corrected chi connectivity index (χ4v) is 10.2. The molecule has 426 valence electrons. The Labute approximate surface area is 450 Å². The van der Waals surface area contributed by atoms with Crippen molar-refractivity contribution in [3.63, 3.8) is 0 Å². The lowest BCUT2D eigenvalue weighted by Crippen LogP contribution is -2.45. The summed E-state index contributed by atoms with van der Waals surface area (Å²) in [5.41, 5.74) is 0. The zero-order valence-corrected chi connectivity index (χ0v) is 48.7. The fraction of sp³-hybridized carbons (Fsp3) is 0.909. The number of allylic oxidation sites excluding steroid dienone is 3. The number of nitrogens with one attached hydrogen (secondary N) is 1. The third-order valence-electron chi connectivity index (χ3n) is 15.2. The van der Waals surface area contributed by atoms with E-state index in [1.807, 2.05) is 6.08 Å². The highest BCUT2D eigenvalue weighted by Crippen LogP contribution is 2.18. The Kier molecular flexibility index (Phi) is 60.5. The number of ether oxygens (including phenoxy) is 1. The number of carbonyl (C=O) groups is 2. The molecule has 0 aliphatic rings. The van der Waals surface area contributed by atoms with Gasteiger partial charge in [0.15, 0.2) is 0 Å². The zero-order chi connectivity index (χ0) is 52.2. The van der Waals surface area contributed by atoms with Gasteiger partial charge in [0.1, 0.15) is 0 Å². The molecule has 0 rings (SSSR count). The van der Waals surface area contributed by atoms with Crippen LogP contribution in [-0.2, 0) is 14.3 Å². The average Bonchev–Trinajstić information content (AvgIpc) is 3.38. The van der Waals surface area contributed by atoms with Crippen LogP contribution >= 0.6 is 0 Å². The lowest BCUT2D eigenvalue weighted by Gasteiger charge is -2.20. The fourth-order valence-electron chi connectivity index (χ4n) is 10.2. The summed E-state index contributed by atoms with van der Waals surface area (Å²) in [6.45, 7) is 4.92. The molecule has 0 aromatic rings. The highest BCUT2D eigenvalue weighted by Gasteiger charge is 2.18. The minimum atomic E-state index is -0.844. The van der Waals surface area contributed by atoms with Crippen LogP contribution in [0.1, 0.15) is 361 Å². The molecule has 0 aromatic heterocycles. The van der Waals surface area contributed by atoms with Gasteiger partial charge in [0.2, 0.25) is 5.91 Å². The number of carbonyl (C=O) groups excluding carboxylic acids is 2. The number of rotatable bonds is 61. The van der Waals surface area contributed by atoms with E-state index in [-0.39, 0.29) is 18.5 Å². The van der Waals surface area contributed by atoms with E-state index >= 15 is 0 Å². The van der Waals surface area contributed by atoms with E-state index in [0.717, 1.165) is 44.9 Å². The van der Waals surface area contributed by atoms with Crippen molar-refractivity contribution in [2.45, 2.75) is 373 Å². The summed E-state index contributed by atoms with van der Waals surface area (Å²) in [5, 5.41) is 23.1. The Hall–Kier alpha value is -1.66. The van der Waals surface area contributed by atoms with E-state index < -0.39 is 12.1 Å². The molecular weight excluding hydrogens is 887 g/mol. The van der Waals surface area contributed by atoms with E-state index in [1.54, 1.807) is 6.08 Å². The standard InChI is InChI=1S/C66H127NO5/c1-3-5-7-9-11-13-15-17-19-27-32-36-40-44-48-52-56-60-66(71)72-61-57-53-49-45-41-37-33-29-26-24-22-20-21-23-25-28-31-35-39-43-47-51-55-59-65(70)67-63(62-68)64(69)58-54-50-46-42-38-34-30-18-16-14-12-10-8-6-4-2/h17,19,54,58,63-64,68-69H,3-16,18,20-53,55-57,59-62H2,1-2H3,(H,67,70)/b19-17-,58-54+. The summed E-state index contributed by atoms with van der Waals surface area (Å²) >= 11 is 0. The first-order chi connectivity index (χ1) is 35.5. The number of unbranched alkanes of at least 4 members (excludes halogenated alkanes) is 48. The third-order valence-corrected chi connectivity index (χ3v) is 15.2. The molecule has 0 aliphatic carbocycles. The number of hydrogen-bond donors (Lipinski definition) is 3. The number of aliphatic hydroxyl groups is 2. The van der Waals surface area contributed by atoms with Crippen LogP contribution in [0, 0.1) is 0 Å². The van der Waals surface area contributed by atoms with Crippen molar-refractivity contribution in [2.75, 3.05) is 13.2 Å². The molecule has 3 N–H and O–H groups in total. The van der Waals surface area contributed by atoms with Gasteiger partial charge in [-0.3, -0.25) is 9.59 Å². The lowest BCUT2D eigenvalue weighted by atomic mass is 10.0. The molecule has 0 fully saturated rings. The lowest BCUT2D eigenvalue weighted by molar-refractivity contribution is -0.143. The largest absolute Gasteiger partial charge is 0.466 e. The minimum Gasteiger partial charge on any atom is -0.466 e. The number of esters is 1. The first-order valence-corrected chi connectivity index (χ1v) is 32.6. The first-order valence-electron chi connectivity index (χ1n) is 32.6. The van der Waals surface area contributed by atoms with Crippen molar-refractivity contribution >= 4 is 11.9 Å². The van der Waals surface area contributed by atoms with E-state index in [2.05, 4.69) is 31.3 Å². The van der Waals surface area contributed by atoms with Crippen molar-refractivity contribution in [1.29, 1.82) is 0 Å². The van der Waals surface area contributed by atoms with Crippen LogP contribution in [0.15, 0.2) is 24.3 Å². The highest BCUT2D eigenvalue weighted by atomic mass is 16.5. The third kappa shape index (κ3) is 57.6. The second-order valence-electron chi connectivity index (χ2n) is 22.5. The van der Waals surface area contributed by atoms with E-state index in [9.17, 15) is 19.8 Å². The first kappa shape index (κ1) is 70.3. The molecule has 2 atom stereocenters. The van der Waals surface area contributed by atoms with Gasteiger partial charge >= 0.3 is 5.97 Å².